The lowest BCUT2D eigenvalue weighted by Gasteiger charge is -2.11. The van der Waals surface area contributed by atoms with E-state index in [0.29, 0.717) is 18.8 Å². The van der Waals surface area contributed by atoms with Gasteiger partial charge in [-0.05, 0) is 38.5 Å². The maximum atomic E-state index is 12.2. The number of Topliss-reactive ketones (excluding diaryl/α,β-unsaturated/α-hetero) is 1. The first-order valence-corrected chi connectivity index (χ1v) is 6.31. The molecule has 1 heterocycles. The maximum Gasteiger partial charge on any atom is 0.226 e. The summed E-state index contributed by atoms with van der Waals surface area (Å²) in [5, 5.41) is 0.963. The molecule has 2 aromatic rings. The van der Waals surface area contributed by atoms with E-state index in [1.807, 2.05) is 39.0 Å². The predicted molar refractivity (Wildman–Crippen MR) is 71.0 cm³/mol. The Kier molecular flexibility index (Phi) is 3.82. The highest BCUT2D eigenvalue weighted by Crippen LogP contribution is 2.22. The predicted octanol–water partition coefficient (Wildman–Crippen LogP) is 3.74. The minimum absolute atomic E-state index is 0.0757. The number of aryl methyl sites for hydroxylation is 1. The zero-order chi connectivity index (χ0) is 13.1. The van der Waals surface area contributed by atoms with Crippen molar-refractivity contribution in [2.24, 2.45) is 0 Å². The number of hydrogen-bond acceptors (Lipinski definition) is 3. The van der Waals surface area contributed by atoms with Crippen LogP contribution in [0.5, 0.6) is 0 Å². The van der Waals surface area contributed by atoms with E-state index < -0.39 is 6.10 Å². The van der Waals surface area contributed by atoms with Gasteiger partial charge in [0.1, 0.15) is 11.7 Å². The third kappa shape index (κ3) is 2.46. The Morgan fingerprint density at radius 2 is 2.11 bits per heavy atom. The Hall–Kier alpha value is -1.61. The highest BCUT2D eigenvalue weighted by atomic mass is 16.5. The van der Waals surface area contributed by atoms with Crippen molar-refractivity contribution < 1.29 is 13.9 Å². The first kappa shape index (κ1) is 12.8. The molecule has 3 nitrogen and oxygen atoms in total. The quantitative estimate of drug-likeness (QED) is 0.754. The summed E-state index contributed by atoms with van der Waals surface area (Å²) < 4.78 is 11.0. The fourth-order valence-electron chi connectivity index (χ4n) is 2.02. The molecule has 1 aromatic carbocycles. The Labute approximate surface area is 107 Å². The van der Waals surface area contributed by atoms with Crippen LogP contribution in [0.1, 0.15) is 36.4 Å². The van der Waals surface area contributed by atoms with Crippen molar-refractivity contribution in [3.8, 4) is 0 Å². The van der Waals surface area contributed by atoms with Crippen LogP contribution in [0.2, 0.25) is 0 Å². The Balaban J connectivity index is 2.32. The van der Waals surface area contributed by atoms with E-state index >= 15 is 0 Å². The van der Waals surface area contributed by atoms with Crippen molar-refractivity contribution in [2.75, 3.05) is 6.61 Å². The van der Waals surface area contributed by atoms with Gasteiger partial charge in [-0.3, -0.25) is 4.79 Å². The van der Waals surface area contributed by atoms with Crippen LogP contribution in [0.3, 0.4) is 0 Å². The van der Waals surface area contributed by atoms with E-state index in [9.17, 15) is 4.79 Å². The minimum Gasteiger partial charge on any atom is -0.453 e. The SMILES string of the molecule is CCOC(CC)C(=O)c1cc2cc(C)ccc2o1. The molecule has 0 fully saturated rings. The van der Waals surface area contributed by atoms with Gasteiger partial charge in [-0.1, -0.05) is 18.6 Å². The van der Waals surface area contributed by atoms with Gasteiger partial charge < -0.3 is 9.15 Å². The summed E-state index contributed by atoms with van der Waals surface area (Å²) >= 11 is 0. The van der Waals surface area contributed by atoms with Crippen molar-refractivity contribution in [3.63, 3.8) is 0 Å². The van der Waals surface area contributed by atoms with Crippen LogP contribution < -0.4 is 0 Å². The number of benzene rings is 1. The van der Waals surface area contributed by atoms with Crippen LogP contribution in [-0.2, 0) is 4.74 Å². The molecule has 0 amide bonds. The van der Waals surface area contributed by atoms with Crippen LogP contribution in [0, 0.1) is 6.92 Å². The molecule has 1 unspecified atom stereocenters. The lowest BCUT2D eigenvalue weighted by atomic mass is 10.1. The Morgan fingerprint density at radius 3 is 2.78 bits per heavy atom. The number of carbonyl (C=O) groups excluding carboxylic acids is 1. The van der Waals surface area contributed by atoms with Crippen molar-refractivity contribution in [1.82, 2.24) is 0 Å². The second kappa shape index (κ2) is 5.36. The number of fused-ring (bicyclic) bond motifs is 1. The number of ether oxygens (including phenoxy) is 1. The molecule has 0 bridgehead atoms. The van der Waals surface area contributed by atoms with E-state index in [0.717, 1.165) is 16.5 Å². The second-order valence-corrected chi connectivity index (χ2v) is 4.37. The molecule has 2 rings (SSSR count). The third-order valence-electron chi connectivity index (χ3n) is 2.95. The smallest absolute Gasteiger partial charge is 0.226 e. The van der Waals surface area contributed by atoms with Gasteiger partial charge in [0, 0.05) is 12.0 Å². The monoisotopic (exact) mass is 246 g/mol. The van der Waals surface area contributed by atoms with Gasteiger partial charge in [0.15, 0.2) is 5.76 Å². The first-order chi connectivity index (χ1) is 8.65. The highest BCUT2D eigenvalue weighted by Gasteiger charge is 2.22. The van der Waals surface area contributed by atoms with Crippen LogP contribution in [0.25, 0.3) is 11.0 Å². The normalized spacial score (nSPS) is 12.8. The van der Waals surface area contributed by atoms with E-state index in [2.05, 4.69) is 0 Å². The second-order valence-electron chi connectivity index (χ2n) is 4.37. The minimum atomic E-state index is -0.406. The van der Waals surface area contributed by atoms with E-state index in [-0.39, 0.29) is 5.78 Å². The summed E-state index contributed by atoms with van der Waals surface area (Å²) in [5.74, 6) is 0.309. The van der Waals surface area contributed by atoms with Gasteiger partial charge in [0.25, 0.3) is 0 Å². The number of ketones is 1. The van der Waals surface area contributed by atoms with Crippen molar-refractivity contribution >= 4 is 16.8 Å². The summed E-state index contributed by atoms with van der Waals surface area (Å²) in [6.45, 7) is 6.37. The molecule has 0 radical (unpaired) electrons. The molecule has 0 saturated carbocycles. The molecule has 1 aromatic heterocycles. The van der Waals surface area contributed by atoms with Crippen LogP contribution in [0.15, 0.2) is 28.7 Å². The number of hydrogen-bond donors (Lipinski definition) is 0. The Bertz CT molecular complexity index is 554. The van der Waals surface area contributed by atoms with Gasteiger partial charge in [0.05, 0.1) is 0 Å². The summed E-state index contributed by atoms with van der Waals surface area (Å²) in [5.41, 5.74) is 1.90. The van der Waals surface area contributed by atoms with Crippen LogP contribution in [-0.4, -0.2) is 18.5 Å². The van der Waals surface area contributed by atoms with Gasteiger partial charge in [-0.15, -0.1) is 0 Å². The van der Waals surface area contributed by atoms with E-state index in [1.165, 1.54) is 0 Å². The molecular formula is C15H18O3. The molecule has 3 heteroatoms. The van der Waals surface area contributed by atoms with Crippen molar-refractivity contribution in [3.05, 3.63) is 35.6 Å². The highest BCUT2D eigenvalue weighted by molar-refractivity contribution is 6.00. The average Bonchev–Trinajstić information content (AvgIpc) is 2.77. The van der Waals surface area contributed by atoms with Crippen molar-refractivity contribution in [1.29, 1.82) is 0 Å². The Morgan fingerprint density at radius 1 is 1.33 bits per heavy atom. The molecule has 0 spiro atoms. The van der Waals surface area contributed by atoms with Gasteiger partial charge in [-0.25, -0.2) is 0 Å². The van der Waals surface area contributed by atoms with Gasteiger partial charge in [-0.2, -0.15) is 0 Å². The molecule has 1 atom stereocenters. The van der Waals surface area contributed by atoms with Crippen LogP contribution in [0.4, 0.5) is 0 Å². The standard InChI is InChI=1S/C15H18O3/c1-4-12(17-5-2)15(16)14-9-11-8-10(3)6-7-13(11)18-14/h6-9,12H,4-5H2,1-3H3. The van der Waals surface area contributed by atoms with Crippen LogP contribution >= 0.6 is 0 Å². The largest absolute Gasteiger partial charge is 0.453 e. The molecule has 0 saturated heterocycles. The summed E-state index contributed by atoms with van der Waals surface area (Å²) in [6.07, 6.45) is 0.250. The van der Waals surface area contributed by atoms with Gasteiger partial charge in [0.2, 0.25) is 5.78 Å². The fraction of sp³-hybridized carbons (Fsp3) is 0.400. The average molecular weight is 246 g/mol. The van der Waals surface area contributed by atoms with Gasteiger partial charge >= 0.3 is 0 Å². The lowest BCUT2D eigenvalue weighted by Crippen LogP contribution is -2.23. The first-order valence-electron chi connectivity index (χ1n) is 6.31. The topological polar surface area (TPSA) is 39.4 Å². The molecule has 0 aliphatic heterocycles. The summed E-state index contributed by atoms with van der Waals surface area (Å²) in [4.78, 5) is 12.2. The van der Waals surface area contributed by atoms with E-state index in [1.54, 1.807) is 6.07 Å². The zero-order valence-corrected chi connectivity index (χ0v) is 11.0. The number of furan rings is 1. The summed E-state index contributed by atoms with van der Waals surface area (Å²) in [7, 11) is 0. The maximum absolute atomic E-state index is 12.2. The van der Waals surface area contributed by atoms with Crippen molar-refractivity contribution in [2.45, 2.75) is 33.3 Å². The van der Waals surface area contributed by atoms with E-state index in [4.69, 9.17) is 9.15 Å². The lowest BCUT2D eigenvalue weighted by molar-refractivity contribution is 0.0421. The molecule has 0 aliphatic rings. The molecule has 18 heavy (non-hydrogen) atoms. The molecule has 0 N–H and O–H groups in total. The third-order valence-corrected chi connectivity index (χ3v) is 2.95. The molecular weight excluding hydrogens is 228 g/mol. The fourth-order valence-corrected chi connectivity index (χ4v) is 2.02. The zero-order valence-electron chi connectivity index (χ0n) is 11.0. The molecule has 0 aliphatic carbocycles. The molecule has 96 valence electrons. The summed E-state index contributed by atoms with van der Waals surface area (Å²) in [6, 6.07) is 7.67. The number of carbonyl (C=O) groups is 1. The number of rotatable bonds is 5.